The Morgan fingerprint density at radius 3 is 2.72 bits per heavy atom. The van der Waals surface area contributed by atoms with E-state index in [2.05, 4.69) is 0 Å². The average molecular weight is 266 g/mol. The van der Waals surface area contributed by atoms with Crippen molar-refractivity contribution in [2.75, 3.05) is 13.1 Å². The van der Waals surface area contributed by atoms with Crippen LogP contribution in [0.25, 0.3) is 0 Å². The Kier molecular flexibility index (Phi) is 5.09. The van der Waals surface area contributed by atoms with E-state index in [1.54, 1.807) is 30.0 Å². The molecule has 0 unspecified atom stereocenters. The van der Waals surface area contributed by atoms with Crippen molar-refractivity contribution in [3.8, 4) is 5.75 Å². The number of rotatable bonds is 5. The fraction of sp³-hybridized carbons (Fsp3) is 0.385. The van der Waals surface area contributed by atoms with E-state index >= 15 is 0 Å². The highest BCUT2D eigenvalue weighted by Crippen LogP contribution is 2.21. The van der Waals surface area contributed by atoms with Gasteiger partial charge < -0.3 is 15.7 Å². The van der Waals surface area contributed by atoms with Crippen LogP contribution in [-0.4, -0.2) is 34.0 Å². The third-order valence-corrected chi connectivity index (χ3v) is 2.79. The maximum Gasteiger partial charge on any atom is 0.254 e. The van der Waals surface area contributed by atoms with Crippen LogP contribution in [0.1, 0.15) is 29.3 Å². The summed E-state index contributed by atoms with van der Waals surface area (Å²) in [5, 5.41) is 9.62. The van der Waals surface area contributed by atoms with Crippen LogP contribution >= 0.6 is 12.2 Å². The molecule has 0 saturated carbocycles. The number of aromatic hydroxyl groups is 1. The van der Waals surface area contributed by atoms with Crippen LogP contribution < -0.4 is 5.73 Å². The summed E-state index contributed by atoms with van der Waals surface area (Å²) in [6.45, 7) is 4.55. The maximum atomic E-state index is 12.3. The Hall–Kier alpha value is -1.62. The first-order valence-corrected chi connectivity index (χ1v) is 6.24. The van der Waals surface area contributed by atoms with E-state index in [-0.39, 0.29) is 23.2 Å². The third-order valence-electron chi connectivity index (χ3n) is 2.66. The van der Waals surface area contributed by atoms with Crippen molar-refractivity contribution in [1.82, 2.24) is 4.90 Å². The first-order valence-electron chi connectivity index (χ1n) is 5.83. The van der Waals surface area contributed by atoms with E-state index in [1.165, 1.54) is 0 Å². The molecule has 1 aromatic carbocycles. The minimum atomic E-state index is -0.155. The summed E-state index contributed by atoms with van der Waals surface area (Å²) in [4.78, 5) is 14.2. The van der Waals surface area contributed by atoms with Gasteiger partial charge in [-0.3, -0.25) is 4.79 Å². The Morgan fingerprint density at radius 2 is 2.17 bits per heavy atom. The molecule has 98 valence electrons. The van der Waals surface area contributed by atoms with Crippen LogP contribution in [-0.2, 0) is 0 Å². The van der Waals surface area contributed by atoms with Crippen LogP contribution in [0.5, 0.6) is 5.75 Å². The lowest BCUT2D eigenvalue weighted by Crippen LogP contribution is -2.38. The van der Waals surface area contributed by atoms with Crippen molar-refractivity contribution in [2.45, 2.75) is 20.3 Å². The van der Waals surface area contributed by atoms with Crippen molar-refractivity contribution < 1.29 is 9.90 Å². The van der Waals surface area contributed by atoms with Crippen LogP contribution in [0.15, 0.2) is 18.2 Å². The van der Waals surface area contributed by atoms with Crippen LogP contribution in [0, 0.1) is 6.92 Å². The summed E-state index contributed by atoms with van der Waals surface area (Å²) in [6.07, 6.45) is 0.826. The molecule has 1 aromatic rings. The fourth-order valence-electron chi connectivity index (χ4n) is 1.74. The first kappa shape index (κ1) is 14.4. The van der Waals surface area contributed by atoms with Crippen molar-refractivity contribution in [3.63, 3.8) is 0 Å². The molecule has 4 nitrogen and oxygen atoms in total. The zero-order chi connectivity index (χ0) is 13.7. The standard InChI is InChI=1S/C13H18N2O2S/c1-3-7-15(8-12(14)18)13(17)10-5-4-6-11(16)9(10)2/h4-6,16H,3,7-8H2,1-2H3,(H2,14,18). The van der Waals surface area contributed by atoms with Crippen LogP contribution in [0.2, 0.25) is 0 Å². The SMILES string of the molecule is CCCN(CC(N)=S)C(=O)c1cccc(O)c1C. The van der Waals surface area contributed by atoms with E-state index in [1.807, 2.05) is 6.92 Å². The Morgan fingerprint density at radius 1 is 1.50 bits per heavy atom. The maximum absolute atomic E-state index is 12.3. The molecule has 1 rings (SSSR count). The van der Waals surface area contributed by atoms with Crippen molar-refractivity contribution >= 4 is 23.1 Å². The van der Waals surface area contributed by atoms with Gasteiger partial charge in [-0.25, -0.2) is 0 Å². The highest BCUT2D eigenvalue weighted by atomic mass is 32.1. The zero-order valence-electron chi connectivity index (χ0n) is 10.6. The van der Waals surface area contributed by atoms with E-state index < -0.39 is 0 Å². The molecule has 5 heteroatoms. The van der Waals surface area contributed by atoms with E-state index in [9.17, 15) is 9.90 Å². The number of nitrogens with zero attached hydrogens (tertiary/aromatic N) is 1. The van der Waals surface area contributed by atoms with Crippen molar-refractivity contribution in [2.24, 2.45) is 5.73 Å². The van der Waals surface area contributed by atoms with E-state index in [0.29, 0.717) is 17.7 Å². The van der Waals surface area contributed by atoms with Gasteiger partial charge in [-0.2, -0.15) is 0 Å². The second kappa shape index (κ2) is 6.35. The second-order valence-electron chi connectivity index (χ2n) is 4.14. The molecule has 1 amide bonds. The molecular formula is C13H18N2O2S. The number of thiocarbonyl (C=S) groups is 1. The molecule has 0 spiro atoms. The molecule has 0 aliphatic carbocycles. The number of hydrogen-bond acceptors (Lipinski definition) is 3. The third kappa shape index (κ3) is 3.43. The molecule has 0 aliphatic rings. The molecule has 0 radical (unpaired) electrons. The smallest absolute Gasteiger partial charge is 0.254 e. The van der Waals surface area contributed by atoms with Gasteiger partial charge in [0.2, 0.25) is 0 Å². The monoisotopic (exact) mass is 266 g/mol. The average Bonchev–Trinajstić information content (AvgIpc) is 2.31. The molecule has 3 N–H and O–H groups in total. The predicted octanol–water partition coefficient (Wildman–Crippen LogP) is 1.84. The summed E-state index contributed by atoms with van der Waals surface area (Å²) in [5.74, 6) is -0.0364. The van der Waals surface area contributed by atoms with E-state index in [0.717, 1.165) is 6.42 Å². The molecule has 0 aliphatic heterocycles. The van der Waals surface area contributed by atoms with Crippen molar-refractivity contribution in [3.05, 3.63) is 29.3 Å². The van der Waals surface area contributed by atoms with Crippen molar-refractivity contribution in [1.29, 1.82) is 0 Å². The number of phenols is 1. The summed E-state index contributed by atoms with van der Waals surface area (Å²) < 4.78 is 0. The van der Waals surface area contributed by atoms with Crippen LogP contribution in [0.4, 0.5) is 0 Å². The Balaban J connectivity index is 3.01. The lowest BCUT2D eigenvalue weighted by Gasteiger charge is -2.22. The van der Waals surface area contributed by atoms with Gasteiger partial charge in [0.15, 0.2) is 0 Å². The van der Waals surface area contributed by atoms with Gasteiger partial charge in [-0.1, -0.05) is 25.2 Å². The van der Waals surface area contributed by atoms with Gasteiger partial charge in [0.1, 0.15) is 5.75 Å². The van der Waals surface area contributed by atoms with Gasteiger partial charge in [0.25, 0.3) is 5.91 Å². The van der Waals surface area contributed by atoms with Crippen LogP contribution in [0.3, 0.4) is 0 Å². The minimum Gasteiger partial charge on any atom is -0.508 e. The number of carbonyl (C=O) groups is 1. The highest BCUT2D eigenvalue weighted by molar-refractivity contribution is 7.80. The molecule has 0 bridgehead atoms. The summed E-state index contributed by atoms with van der Waals surface area (Å²) >= 11 is 4.85. The molecule has 0 atom stereocenters. The highest BCUT2D eigenvalue weighted by Gasteiger charge is 2.18. The number of amides is 1. The largest absolute Gasteiger partial charge is 0.508 e. The zero-order valence-corrected chi connectivity index (χ0v) is 11.5. The van der Waals surface area contributed by atoms with Gasteiger partial charge in [-0.15, -0.1) is 0 Å². The topological polar surface area (TPSA) is 66.6 Å². The summed E-state index contributed by atoms with van der Waals surface area (Å²) in [6, 6.07) is 4.91. The molecule has 0 saturated heterocycles. The number of carbonyl (C=O) groups excluding carboxylic acids is 1. The quantitative estimate of drug-likeness (QED) is 0.798. The van der Waals surface area contributed by atoms with Gasteiger partial charge in [-0.05, 0) is 25.5 Å². The molecule has 18 heavy (non-hydrogen) atoms. The second-order valence-corrected chi connectivity index (χ2v) is 4.67. The number of phenolic OH excluding ortho intramolecular Hbond substituents is 1. The number of benzene rings is 1. The lowest BCUT2D eigenvalue weighted by molar-refractivity contribution is 0.0779. The van der Waals surface area contributed by atoms with Gasteiger partial charge >= 0.3 is 0 Å². The normalized spacial score (nSPS) is 10.1. The Labute approximate surface area is 112 Å². The predicted molar refractivity (Wildman–Crippen MR) is 75.8 cm³/mol. The molecule has 0 fully saturated rings. The summed E-state index contributed by atoms with van der Waals surface area (Å²) in [7, 11) is 0. The number of hydrogen-bond donors (Lipinski definition) is 2. The fourth-order valence-corrected chi connectivity index (χ4v) is 1.89. The molecule has 0 heterocycles. The minimum absolute atomic E-state index is 0.118. The molecular weight excluding hydrogens is 248 g/mol. The Bertz CT molecular complexity index is 460. The first-order chi connectivity index (χ1) is 8.47. The van der Waals surface area contributed by atoms with Gasteiger partial charge in [0.05, 0.1) is 11.5 Å². The number of nitrogens with two attached hydrogens (primary N) is 1. The molecule has 0 aromatic heterocycles. The van der Waals surface area contributed by atoms with E-state index in [4.69, 9.17) is 18.0 Å². The lowest BCUT2D eigenvalue weighted by atomic mass is 10.1. The summed E-state index contributed by atoms with van der Waals surface area (Å²) in [5.41, 5.74) is 6.56. The van der Waals surface area contributed by atoms with Gasteiger partial charge in [0, 0.05) is 17.7 Å².